The van der Waals surface area contributed by atoms with Gasteiger partial charge in [-0.1, -0.05) is 0 Å². The third kappa shape index (κ3) is 3.56. The molecule has 2 N–H and O–H groups in total. The Labute approximate surface area is 138 Å². The van der Waals surface area contributed by atoms with Gasteiger partial charge in [0.1, 0.15) is 5.76 Å². The summed E-state index contributed by atoms with van der Waals surface area (Å²) in [5, 5.41) is 6.10. The highest BCUT2D eigenvalue weighted by atomic mass is 16.5. The smallest absolute Gasteiger partial charge is 0.280 e. The van der Waals surface area contributed by atoms with Gasteiger partial charge in [-0.3, -0.25) is 9.69 Å². The maximum absolute atomic E-state index is 11.3. The van der Waals surface area contributed by atoms with Gasteiger partial charge < -0.3 is 9.84 Å². The number of rotatable bonds is 3. The summed E-state index contributed by atoms with van der Waals surface area (Å²) in [6.45, 7) is 11.5. The van der Waals surface area contributed by atoms with E-state index in [-0.39, 0.29) is 16.6 Å². The van der Waals surface area contributed by atoms with Crippen LogP contribution in [0.5, 0.6) is 0 Å². The number of hydrogen-bond acceptors (Lipinski definition) is 4. The standard InChI is InChI=1S/C18H31N3O2/c1-17(2)7-5-8-18(3,4)21(17)12-14-10-13(6-9-19-14)15-11-16(22)20-23-15/h11,13-14,19H,5-10,12H2,1-4H3,(H,20,22)/t13-,14-/m0/s1. The zero-order valence-electron chi connectivity index (χ0n) is 14.9. The third-order valence-electron chi connectivity index (χ3n) is 5.88. The Balaban J connectivity index is 1.70. The first kappa shape index (κ1) is 16.8. The van der Waals surface area contributed by atoms with Crippen LogP contribution < -0.4 is 10.9 Å². The summed E-state index contributed by atoms with van der Waals surface area (Å²) in [7, 11) is 0. The number of piperidine rings is 2. The van der Waals surface area contributed by atoms with Crippen molar-refractivity contribution in [3.63, 3.8) is 0 Å². The molecule has 0 saturated carbocycles. The Morgan fingerprint density at radius 1 is 1.26 bits per heavy atom. The van der Waals surface area contributed by atoms with Gasteiger partial charge >= 0.3 is 0 Å². The zero-order valence-corrected chi connectivity index (χ0v) is 14.9. The van der Waals surface area contributed by atoms with Crippen molar-refractivity contribution < 1.29 is 4.52 Å². The maximum Gasteiger partial charge on any atom is 0.280 e. The average molecular weight is 321 g/mol. The highest BCUT2D eigenvalue weighted by Gasteiger charge is 2.42. The van der Waals surface area contributed by atoms with Gasteiger partial charge in [0.2, 0.25) is 0 Å². The van der Waals surface area contributed by atoms with Crippen LogP contribution in [0.1, 0.15) is 71.5 Å². The van der Waals surface area contributed by atoms with Crippen LogP contribution in [0.15, 0.2) is 15.4 Å². The van der Waals surface area contributed by atoms with E-state index in [4.69, 9.17) is 4.52 Å². The van der Waals surface area contributed by atoms with Crippen LogP contribution in [0.25, 0.3) is 0 Å². The van der Waals surface area contributed by atoms with E-state index in [0.717, 1.165) is 31.7 Å². The Hall–Kier alpha value is -1.07. The fraction of sp³-hybridized carbons (Fsp3) is 0.833. The van der Waals surface area contributed by atoms with Crippen molar-refractivity contribution in [2.24, 2.45) is 0 Å². The van der Waals surface area contributed by atoms with Crippen molar-refractivity contribution >= 4 is 0 Å². The van der Waals surface area contributed by atoms with Crippen molar-refractivity contribution in [1.29, 1.82) is 0 Å². The first-order valence-corrected chi connectivity index (χ1v) is 8.97. The molecule has 0 unspecified atom stereocenters. The molecule has 0 radical (unpaired) electrons. The van der Waals surface area contributed by atoms with E-state index in [9.17, 15) is 4.79 Å². The Bertz CT molecular complexity index is 571. The summed E-state index contributed by atoms with van der Waals surface area (Å²) >= 11 is 0. The molecule has 2 atom stereocenters. The first-order chi connectivity index (χ1) is 10.8. The second-order valence-corrected chi connectivity index (χ2v) is 8.58. The van der Waals surface area contributed by atoms with Crippen LogP contribution in [-0.2, 0) is 0 Å². The minimum Gasteiger partial charge on any atom is -0.383 e. The Morgan fingerprint density at radius 3 is 2.57 bits per heavy atom. The number of likely N-dealkylation sites (tertiary alicyclic amines) is 1. The third-order valence-corrected chi connectivity index (χ3v) is 5.88. The van der Waals surface area contributed by atoms with Gasteiger partial charge in [-0.2, -0.15) is 5.16 Å². The lowest BCUT2D eigenvalue weighted by Gasteiger charge is -2.54. The molecule has 3 heterocycles. The molecule has 3 rings (SSSR count). The van der Waals surface area contributed by atoms with Gasteiger partial charge in [0, 0.05) is 35.6 Å². The van der Waals surface area contributed by atoms with Crippen molar-refractivity contribution in [1.82, 2.24) is 15.4 Å². The van der Waals surface area contributed by atoms with E-state index in [1.54, 1.807) is 6.07 Å². The lowest BCUT2D eigenvalue weighted by molar-refractivity contribution is -0.0357. The molecule has 5 heteroatoms. The summed E-state index contributed by atoms with van der Waals surface area (Å²) in [5.74, 6) is 1.16. The number of hydrogen-bond donors (Lipinski definition) is 2. The summed E-state index contributed by atoms with van der Waals surface area (Å²) in [4.78, 5) is 14.0. The quantitative estimate of drug-likeness (QED) is 0.899. The molecule has 2 fully saturated rings. The van der Waals surface area contributed by atoms with Gasteiger partial charge in [-0.25, -0.2) is 0 Å². The zero-order chi connectivity index (χ0) is 16.7. The monoisotopic (exact) mass is 321 g/mol. The molecule has 1 aromatic heterocycles. The summed E-state index contributed by atoms with van der Waals surface area (Å²) in [6, 6.07) is 2.06. The highest BCUT2D eigenvalue weighted by molar-refractivity contribution is 5.06. The van der Waals surface area contributed by atoms with Crippen molar-refractivity contribution in [3.05, 3.63) is 22.2 Å². The molecule has 0 bridgehead atoms. The fourth-order valence-electron chi connectivity index (χ4n) is 4.66. The van der Waals surface area contributed by atoms with Gasteiger partial charge in [-0.05, 0) is 66.3 Å². The predicted octanol–water partition coefficient (Wildman–Crippen LogP) is 2.85. The molecule has 0 aliphatic carbocycles. The SMILES string of the molecule is CC1(C)CCCC(C)(C)N1C[C@@H]1C[C@@H](c2cc(=O)[nH]o2)CCN1. The second kappa shape index (κ2) is 6.10. The molecule has 2 aliphatic heterocycles. The number of nitrogens with one attached hydrogen (secondary N) is 2. The molecule has 2 aliphatic rings. The van der Waals surface area contributed by atoms with Crippen LogP contribution in [0.2, 0.25) is 0 Å². The summed E-state index contributed by atoms with van der Waals surface area (Å²) in [6.07, 6.45) is 5.90. The molecule has 1 aromatic rings. The summed E-state index contributed by atoms with van der Waals surface area (Å²) in [5.41, 5.74) is 0.363. The second-order valence-electron chi connectivity index (χ2n) is 8.58. The Kier molecular flexibility index (Phi) is 4.45. The number of aromatic amines is 1. The number of nitrogens with zero attached hydrogens (tertiary/aromatic N) is 1. The van der Waals surface area contributed by atoms with Crippen LogP contribution in [0.4, 0.5) is 0 Å². The Morgan fingerprint density at radius 2 is 1.96 bits per heavy atom. The molecular weight excluding hydrogens is 290 g/mol. The molecule has 5 nitrogen and oxygen atoms in total. The molecular formula is C18H31N3O2. The molecule has 23 heavy (non-hydrogen) atoms. The fourth-order valence-corrected chi connectivity index (χ4v) is 4.66. The topological polar surface area (TPSA) is 61.3 Å². The summed E-state index contributed by atoms with van der Waals surface area (Å²) < 4.78 is 5.35. The van der Waals surface area contributed by atoms with E-state index in [0.29, 0.717) is 12.0 Å². The normalized spacial score (nSPS) is 31.1. The van der Waals surface area contributed by atoms with Gasteiger partial charge in [0.15, 0.2) is 0 Å². The van der Waals surface area contributed by atoms with Crippen LogP contribution >= 0.6 is 0 Å². The van der Waals surface area contributed by atoms with E-state index < -0.39 is 0 Å². The minimum atomic E-state index is -0.131. The maximum atomic E-state index is 11.3. The van der Waals surface area contributed by atoms with Gasteiger partial charge in [0.25, 0.3) is 5.56 Å². The van der Waals surface area contributed by atoms with E-state index in [2.05, 4.69) is 43.1 Å². The lowest BCUT2D eigenvalue weighted by atomic mass is 9.78. The number of H-pyrrole nitrogens is 1. The highest BCUT2D eigenvalue weighted by Crippen LogP contribution is 2.39. The van der Waals surface area contributed by atoms with Crippen LogP contribution in [0.3, 0.4) is 0 Å². The van der Waals surface area contributed by atoms with E-state index in [1.807, 2.05) is 0 Å². The predicted molar refractivity (Wildman–Crippen MR) is 91.8 cm³/mol. The average Bonchev–Trinajstić information content (AvgIpc) is 2.90. The van der Waals surface area contributed by atoms with Crippen LogP contribution in [-0.4, -0.2) is 40.3 Å². The molecule has 0 aromatic carbocycles. The molecule has 0 spiro atoms. The molecule has 2 saturated heterocycles. The van der Waals surface area contributed by atoms with E-state index >= 15 is 0 Å². The van der Waals surface area contributed by atoms with Gasteiger partial charge in [0.05, 0.1) is 0 Å². The molecule has 130 valence electrons. The van der Waals surface area contributed by atoms with Crippen molar-refractivity contribution in [2.45, 2.75) is 82.8 Å². The van der Waals surface area contributed by atoms with Gasteiger partial charge in [-0.15, -0.1) is 0 Å². The van der Waals surface area contributed by atoms with Crippen molar-refractivity contribution in [3.8, 4) is 0 Å². The van der Waals surface area contributed by atoms with Crippen LogP contribution in [0, 0.1) is 0 Å². The van der Waals surface area contributed by atoms with E-state index in [1.165, 1.54) is 19.3 Å². The largest absolute Gasteiger partial charge is 0.383 e. The lowest BCUT2D eigenvalue weighted by Crippen LogP contribution is -2.62. The van der Waals surface area contributed by atoms with Crippen molar-refractivity contribution in [2.75, 3.05) is 13.1 Å². The number of aromatic nitrogens is 1. The minimum absolute atomic E-state index is 0.131. The first-order valence-electron chi connectivity index (χ1n) is 8.97. The molecule has 0 amide bonds.